The van der Waals surface area contributed by atoms with Crippen molar-refractivity contribution in [1.29, 1.82) is 0 Å². The first-order valence-corrected chi connectivity index (χ1v) is 14.9. The molecule has 1 aliphatic rings. The molecule has 0 unspecified atom stereocenters. The number of likely N-dealkylation sites (tertiary alicyclic amines) is 1. The molecule has 15 nitrogen and oxygen atoms in total. The number of aromatic hydroxyl groups is 1. The largest absolute Gasteiger partial charge is 0.507 e. The van der Waals surface area contributed by atoms with Gasteiger partial charge in [0.2, 0.25) is 0 Å². The summed E-state index contributed by atoms with van der Waals surface area (Å²) >= 11 is 6.36. The number of hydrogen-bond acceptors (Lipinski definition) is 14. The number of ether oxygens (including phenoxy) is 3. The Kier molecular flexibility index (Phi) is 14.4. The lowest BCUT2D eigenvalue weighted by atomic mass is 9.89. The number of aliphatic carboxylic acids is 1. The number of aliphatic hydroxyl groups excluding tert-OH is 6. The van der Waals surface area contributed by atoms with Gasteiger partial charge < -0.3 is 64.4 Å². The Morgan fingerprint density at radius 2 is 1.81 bits per heavy atom. The molecule has 1 saturated heterocycles. The molecule has 260 valence electrons. The maximum Gasteiger partial charge on any atom is 0.335 e. The van der Waals surface area contributed by atoms with Gasteiger partial charge >= 0.3 is 5.97 Å². The number of halogens is 1. The van der Waals surface area contributed by atoms with Gasteiger partial charge in [-0.1, -0.05) is 23.7 Å². The van der Waals surface area contributed by atoms with Crippen LogP contribution in [-0.4, -0.2) is 136 Å². The van der Waals surface area contributed by atoms with Crippen molar-refractivity contribution in [3.05, 3.63) is 57.2 Å². The van der Waals surface area contributed by atoms with E-state index < -0.39 is 42.4 Å². The molecule has 0 aliphatic carbocycles. The van der Waals surface area contributed by atoms with Crippen LogP contribution in [0, 0.1) is 0 Å². The number of carboxylic acid groups (broad SMARTS) is 1. The Bertz CT molecular complexity index is 1530. The van der Waals surface area contributed by atoms with Crippen LogP contribution in [0.2, 0.25) is 5.02 Å². The second kappa shape index (κ2) is 17.7. The number of carbonyl (C=O) groups is 1. The minimum Gasteiger partial charge on any atom is -0.507 e. The maximum absolute atomic E-state index is 13.1. The number of nitrogens with zero attached hydrogens (tertiary/aromatic N) is 1. The van der Waals surface area contributed by atoms with E-state index >= 15 is 0 Å². The Labute approximate surface area is 274 Å². The van der Waals surface area contributed by atoms with Crippen molar-refractivity contribution in [1.82, 2.24) is 4.90 Å². The lowest BCUT2D eigenvalue weighted by Gasteiger charge is -2.25. The molecular formula is C31H40ClNO14. The maximum atomic E-state index is 13.1. The Morgan fingerprint density at radius 1 is 1.11 bits per heavy atom. The molecule has 2 aromatic carbocycles. The Balaban J connectivity index is 0.000000392. The zero-order valence-electron chi connectivity index (χ0n) is 25.7. The molecule has 8 N–H and O–H groups in total. The summed E-state index contributed by atoms with van der Waals surface area (Å²) in [7, 11) is 3.51. The summed E-state index contributed by atoms with van der Waals surface area (Å²) in [4.78, 5) is 25.3. The molecule has 4 rings (SSSR count). The van der Waals surface area contributed by atoms with E-state index in [0.29, 0.717) is 41.5 Å². The van der Waals surface area contributed by atoms with Gasteiger partial charge in [0, 0.05) is 42.3 Å². The Hall–Kier alpha value is -3.35. The molecule has 1 aliphatic heterocycles. The number of phenols is 1. The van der Waals surface area contributed by atoms with Gasteiger partial charge in [0.05, 0.1) is 31.5 Å². The van der Waals surface area contributed by atoms with E-state index in [1.54, 1.807) is 31.4 Å². The van der Waals surface area contributed by atoms with Crippen LogP contribution in [0.4, 0.5) is 0 Å². The van der Waals surface area contributed by atoms with Crippen LogP contribution in [0.15, 0.2) is 45.6 Å². The summed E-state index contributed by atoms with van der Waals surface area (Å²) in [6.07, 6.45) is -7.13. The number of hydrogen-bond donors (Lipinski definition) is 8. The van der Waals surface area contributed by atoms with Crippen molar-refractivity contribution in [3.8, 4) is 22.8 Å². The second-order valence-electron chi connectivity index (χ2n) is 10.8. The van der Waals surface area contributed by atoms with E-state index in [2.05, 4.69) is 4.90 Å². The van der Waals surface area contributed by atoms with Gasteiger partial charge in [-0.15, -0.1) is 0 Å². The van der Waals surface area contributed by atoms with Crippen molar-refractivity contribution in [2.45, 2.75) is 42.8 Å². The van der Waals surface area contributed by atoms with Gasteiger partial charge in [-0.25, -0.2) is 4.79 Å². The van der Waals surface area contributed by atoms with Gasteiger partial charge in [-0.3, -0.25) is 4.79 Å². The minimum atomic E-state index is -2.20. The van der Waals surface area contributed by atoms with Gasteiger partial charge in [0.1, 0.15) is 46.5 Å². The van der Waals surface area contributed by atoms with Crippen LogP contribution in [-0.2, 0) is 14.3 Å². The molecule has 0 spiro atoms. The lowest BCUT2D eigenvalue weighted by molar-refractivity contribution is -0.164. The van der Waals surface area contributed by atoms with E-state index in [4.69, 9.17) is 60.9 Å². The second-order valence-corrected chi connectivity index (χ2v) is 11.2. The van der Waals surface area contributed by atoms with Gasteiger partial charge in [0.15, 0.2) is 18.3 Å². The monoisotopic (exact) mass is 685 g/mol. The van der Waals surface area contributed by atoms with Crippen molar-refractivity contribution in [3.63, 3.8) is 0 Å². The average Bonchev–Trinajstić information content (AvgIpc) is 3.42. The summed E-state index contributed by atoms with van der Waals surface area (Å²) in [5, 5.41) is 73.2. The highest BCUT2D eigenvalue weighted by Crippen LogP contribution is 2.45. The fraction of sp³-hybridized carbons (Fsp3) is 0.484. The highest BCUT2D eigenvalue weighted by molar-refractivity contribution is 6.33. The normalized spacial score (nSPS) is 19.1. The van der Waals surface area contributed by atoms with E-state index in [9.17, 15) is 19.8 Å². The molecule has 1 aromatic heterocycles. The highest BCUT2D eigenvalue weighted by Gasteiger charge is 2.37. The number of likely N-dealkylation sites (N-methyl/N-ethyl adjacent to an activating group) is 1. The third-order valence-corrected chi connectivity index (χ3v) is 8.07. The minimum absolute atomic E-state index is 0.0599. The van der Waals surface area contributed by atoms with Crippen LogP contribution in [0.1, 0.15) is 17.9 Å². The van der Waals surface area contributed by atoms with Gasteiger partial charge in [0.25, 0.3) is 0 Å². The molecule has 3 aromatic rings. The molecule has 1 fully saturated rings. The van der Waals surface area contributed by atoms with Crippen LogP contribution >= 0.6 is 11.6 Å². The smallest absolute Gasteiger partial charge is 0.335 e. The molecule has 0 radical (unpaired) electrons. The van der Waals surface area contributed by atoms with E-state index in [1.165, 1.54) is 12.1 Å². The number of benzene rings is 2. The SMILES string of the molecule is COCCOCOc1cc(O)c2c(=O)cc(-c3ccccc3Cl)oc2c1[C@H]1CCN(C)[C@@H]1CO.O=C(O)[C@H](O)[C@@H](O)[C@H](O)[C@H](O)CO. The number of carboxylic acids is 1. The van der Waals surface area contributed by atoms with Crippen molar-refractivity contribution in [2.24, 2.45) is 0 Å². The van der Waals surface area contributed by atoms with Crippen LogP contribution in [0.5, 0.6) is 11.5 Å². The van der Waals surface area contributed by atoms with Crippen molar-refractivity contribution >= 4 is 28.5 Å². The van der Waals surface area contributed by atoms with E-state index in [0.717, 1.165) is 6.54 Å². The first-order chi connectivity index (χ1) is 22.4. The number of rotatable bonds is 14. The van der Waals surface area contributed by atoms with Gasteiger partial charge in [-0.2, -0.15) is 0 Å². The average molecular weight is 686 g/mol. The highest BCUT2D eigenvalue weighted by atomic mass is 35.5. The number of phenolic OH excluding ortho intramolecular Hbond substituents is 1. The molecule has 0 amide bonds. The number of fused-ring (bicyclic) bond motifs is 1. The lowest BCUT2D eigenvalue weighted by Crippen LogP contribution is -2.48. The summed E-state index contributed by atoms with van der Waals surface area (Å²) in [5.41, 5.74) is 0.986. The zero-order valence-corrected chi connectivity index (χ0v) is 26.5. The molecule has 47 heavy (non-hydrogen) atoms. The molecule has 0 saturated carbocycles. The van der Waals surface area contributed by atoms with Crippen LogP contribution in [0.25, 0.3) is 22.3 Å². The van der Waals surface area contributed by atoms with Crippen LogP contribution in [0.3, 0.4) is 0 Å². The van der Waals surface area contributed by atoms with Crippen molar-refractivity contribution in [2.75, 3.05) is 53.9 Å². The number of aliphatic hydroxyl groups is 6. The predicted octanol–water partition coefficient (Wildman–Crippen LogP) is 0.105. The first-order valence-electron chi connectivity index (χ1n) is 14.5. The molecular weight excluding hydrogens is 646 g/mol. The fourth-order valence-electron chi connectivity index (χ4n) is 5.16. The molecule has 16 heteroatoms. The van der Waals surface area contributed by atoms with E-state index in [-0.39, 0.29) is 47.8 Å². The predicted molar refractivity (Wildman–Crippen MR) is 168 cm³/mol. The molecule has 2 heterocycles. The summed E-state index contributed by atoms with van der Waals surface area (Å²) in [5.74, 6) is -1.56. The molecule has 0 bridgehead atoms. The third-order valence-electron chi connectivity index (χ3n) is 7.74. The molecule has 6 atom stereocenters. The third kappa shape index (κ3) is 9.17. The summed E-state index contributed by atoms with van der Waals surface area (Å²) in [6, 6.07) is 9.59. The first kappa shape index (κ1) is 38.1. The van der Waals surface area contributed by atoms with Gasteiger partial charge in [-0.05, 0) is 32.1 Å². The van der Waals surface area contributed by atoms with Crippen molar-refractivity contribution < 1.29 is 64.3 Å². The van der Waals surface area contributed by atoms with E-state index in [1.807, 2.05) is 7.05 Å². The quantitative estimate of drug-likeness (QED) is 0.0829. The fourth-order valence-corrected chi connectivity index (χ4v) is 5.39. The Morgan fingerprint density at radius 3 is 2.43 bits per heavy atom. The van der Waals surface area contributed by atoms with Crippen LogP contribution < -0.4 is 10.2 Å². The number of methoxy groups -OCH3 is 1. The summed E-state index contributed by atoms with van der Waals surface area (Å²) < 4.78 is 22.6. The topological polar surface area (TPSA) is 240 Å². The standard InChI is InChI=1S/C25H28ClNO7.C6H12O7/c1-27-8-7-16(18(27)13-28)23-22(33-14-32-10-9-31-2)12-20(30)24-19(29)11-21(34-25(23)24)15-5-3-4-6-17(15)26;7-1-2(8)3(9)4(10)5(11)6(12)13/h3-6,11-12,16,18,28,30H,7-10,13-14H2,1-2H3;2-5,7-11H,1H2,(H,12,13)/t16-,18+;2-,3-,4+,5-/m01/s1. The summed E-state index contributed by atoms with van der Waals surface area (Å²) in [6.45, 7) is 0.489. The zero-order chi connectivity index (χ0) is 34.8.